The van der Waals surface area contributed by atoms with Crippen LogP contribution in [-0.2, 0) is 0 Å². The van der Waals surface area contributed by atoms with Crippen molar-refractivity contribution in [2.24, 2.45) is 5.73 Å². The Balaban J connectivity index is 2.84. The first-order chi connectivity index (χ1) is 8.00. The molecule has 0 saturated heterocycles. The zero-order chi connectivity index (χ0) is 12.8. The molecule has 1 atom stereocenters. The van der Waals surface area contributed by atoms with Crippen molar-refractivity contribution in [1.29, 1.82) is 5.41 Å². The maximum atomic E-state index is 12.4. The summed E-state index contributed by atoms with van der Waals surface area (Å²) in [6.45, 7) is -0.327. The van der Waals surface area contributed by atoms with Crippen molar-refractivity contribution < 1.29 is 8.78 Å². The van der Waals surface area contributed by atoms with Gasteiger partial charge < -0.3 is 5.73 Å². The summed E-state index contributed by atoms with van der Waals surface area (Å²) < 4.78 is 24.7. The second-order valence-corrected chi connectivity index (χ2v) is 3.99. The molecule has 1 rings (SSSR count). The van der Waals surface area contributed by atoms with Crippen LogP contribution in [0.3, 0.4) is 0 Å². The molecule has 0 amide bonds. The summed E-state index contributed by atoms with van der Waals surface area (Å²) in [7, 11) is 1.62. The Morgan fingerprint density at radius 3 is 2.41 bits per heavy atom. The first kappa shape index (κ1) is 13.6. The molecule has 0 aliphatic rings. The number of nitrogens with zero attached hydrogens (tertiary/aromatic N) is 1. The van der Waals surface area contributed by atoms with Crippen LogP contribution in [0.5, 0.6) is 0 Å². The lowest BCUT2D eigenvalue weighted by Crippen LogP contribution is -2.32. The molecule has 0 fully saturated rings. The van der Waals surface area contributed by atoms with Gasteiger partial charge in [-0.25, -0.2) is 8.78 Å². The van der Waals surface area contributed by atoms with Crippen molar-refractivity contribution in [3.63, 3.8) is 0 Å². The van der Waals surface area contributed by atoms with Gasteiger partial charge in [-0.3, -0.25) is 10.3 Å². The highest BCUT2D eigenvalue weighted by Gasteiger charge is 2.20. The predicted molar refractivity (Wildman–Crippen MR) is 64.3 cm³/mol. The van der Waals surface area contributed by atoms with Crippen molar-refractivity contribution in [2.75, 3.05) is 13.6 Å². The molecule has 3 nitrogen and oxygen atoms in total. The van der Waals surface area contributed by atoms with Gasteiger partial charge in [0.15, 0.2) is 0 Å². The summed E-state index contributed by atoms with van der Waals surface area (Å²) in [5, 5.41) is 7.31. The number of halogens is 2. The largest absolute Gasteiger partial charge is 0.388 e. The number of hydrogen-bond acceptors (Lipinski definition) is 2. The average Bonchev–Trinajstić information content (AvgIpc) is 2.25. The second-order valence-electron chi connectivity index (χ2n) is 3.99. The molecule has 0 saturated carbocycles. The van der Waals surface area contributed by atoms with E-state index in [1.165, 1.54) is 4.90 Å². The van der Waals surface area contributed by atoms with Crippen LogP contribution in [0.2, 0.25) is 0 Å². The van der Waals surface area contributed by atoms with E-state index >= 15 is 0 Å². The first-order valence-corrected chi connectivity index (χ1v) is 5.37. The summed E-state index contributed by atoms with van der Waals surface area (Å²) in [4.78, 5) is 1.53. The Bertz CT molecular complexity index is 354. The maximum Gasteiger partial charge on any atom is 0.251 e. The first-order valence-electron chi connectivity index (χ1n) is 5.37. The second kappa shape index (κ2) is 6.30. The van der Waals surface area contributed by atoms with Crippen LogP contribution in [0, 0.1) is 5.41 Å². The fourth-order valence-electron chi connectivity index (χ4n) is 1.76. The highest BCUT2D eigenvalue weighted by Crippen LogP contribution is 2.23. The minimum absolute atomic E-state index is 0.0000283. The van der Waals surface area contributed by atoms with E-state index in [2.05, 4.69) is 0 Å². The van der Waals surface area contributed by atoms with E-state index in [1.807, 2.05) is 30.3 Å². The van der Waals surface area contributed by atoms with Gasteiger partial charge in [-0.2, -0.15) is 0 Å². The number of nitrogens with one attached hydrogen (secondary N) is 1. The van der Waals surface area contributed by atoms with Crippen LogP contribution < -0.4 is 5.73 Å². The summed E-state index contributed by atoms with van der Waals surface area (Å²) in [6.07, 6.45) is -2.13. The molecule has 0 aromatic heterocycles. The number of alkyl halides is 2. The zero-order valence-electron chi connectivity index (χ0n) is 9.74. The van der Waals surface area contributed by atoms with Crippen LogP contribution in [0.4, 0.5) is 8.78 Å². The molecule has 3 N–H and O–H groups in total. The lowest BCUT2D eigenvalue weighted by atomic mass is 10.0. The molecule has 94 valence electrons. The van der Waals surface area contributed by atoms with E-state index in [1.54, 1.807) is 7.05 Å². The molecule has 0 bridgehead atoms. The molecular formula is C12H17F2N3. The van der Waals surface area contributed by atoms with E-state index in [0.29, 0.717) is 0 Å². The molecule has 0 spiro atoms. The van der Waals surface area contributed by atoms with E-state index in [9.17, 15) is 8.78 Å². The molecule has 0 heterocycles. The van der Waals surface area contributed by atoms with Gasteiger partial charge >= 0.3 is 0 Å². The monoisotopic (exact) mass is 241 g/mol. The SMILES string of the molecule is CN(CC(F)F)C(CC(=N)N)c1ccccc1. The van der Waals surface area contributed by atoms with Crippen LogP contribution in [0.15, 0.2) is 30.3 Å². The topological polar surface area (TPSA) is 53.1 Å². The smallest absolute Gasteiger partial charge is 0.251 e. The average molecular weight is 241 g/mol. The van der Waals surface area contributed by atoms with E-state index in [-0.39, 0.29) is 24.8 Å². The van der Waals surface area contributed by atoms with Crippen molar-refractivity contribution in [2.45, 2.75) is 18.9 Å². The summed E-state index contributed by atoms with van der Waals surface area (Å²) >= 11 is 0. The van der Waals surface area contributed by atoms with Gasteiger partial charge in [0.25, 0.3) is 6.43 Å². The Hall–Kier alpha value is -1.49. The van der Waals surface area contributed by atoms with Gasteiger partial charge in [-0.1, -0.05) is 30.3 Å². The molecule has 1 unspecified atom stereocenters. The normalized spacial score (nSPS) is 13.0. The molecule has 1 aromatic rings. The van der Waals surface area contributed by atoms with Gasteiger partial charge in [0.05, 0.1) is 12.4 Å². The Morgan fingerprint density at radius 2 is 1.94 bits per heavy atom. The number of rotatable bonds is 6. The molecule has 17 heavy (non-hydrogen) atoms. The fraction of sp³-hybridized carbons (Fsp3) is 0.417. The van der Waals surface area contributed by atoms with Crippen molar-refractivity contribution in [3.8, 4) is 0 Å². The van der Waals surface area contributed by atoms with Crippen LogP contribution in [0.1, 0.15) is 18.0 Å². The minimum Gasteiger partial charge on any atom is -0.388 e. The van der Waals surface area contributed by atoms with Crippen LogP contribution in [-0.4, -0.2) is 30.8 Å². The quantitative estimate of drug-likeness (QED) is 0.593. The van der Waals surface area contributed by atoms with E-state index < -0.39 is 6.43 Å². The van der Waals surface area contributed by atoms with Gasteiger partial charge in [0.1, 0.15) is 0 Å². The van der Waals surface area contributed by atoms with E-state index in [0.717, 1.165) is 5.56 Å². The van der Waals surface area contributed by atoms with Gasteiger partial charge in [-0.15, -0.1) is 0 Å². The highest BCUT2D eigenvalue weighted by atomic mass is 19.3. The van der Waals surface area contributed by atoms with Crippen LogP contribution in [0.25, 0.3) is 0 Å². The lowest BCUT2D eigenvalue weighted by molar-refractivity contribution is 0.0818. The van der Waals surface area contributed by atoms with Crippen molar-refractivity contribution in [3.05, 3.63) is 35.9 Å². The standard InChI is InChI=1S/C12H17F2N3/c1-17(8-11(13)14)10(7-12(15)16)9-5-3-2-4-6-9/h2-6,10-11H,7-8H2,1H3,(H3,15,16). The third kappa shape index (κ3) is 4.48. The van der Waals surface area contributed by atoms with E-state index in [4.69, 9.17) is 11.1 Å². The van der Waals surface area contributed by atoms with Crippen molar-refractivity contribution >= 4 is 5.84 Å². The molecule has 0 aliphatic heterocycles. The minimum atomic E-state index is -2.39. The molecular weight excluding hydrogens is 224 g/mol. The lowest BCUT2D eigenvalue weighted by Gasteiger charge is -2.27. The van der Waals surface area contributed by atoms with Gasteiger partial charge in [0, 0.05) is 12.5 Å². The molecule has 0 aliphatic carbocycles. The van der Waals surface area contributed by atoms with Gasteiger partial charge in [-0.05, 0) is 12.6 Å². The maximum absolute atomic E-state index is 12.4. The molecule has 1 aromatic carbocycles. The highest BCUT2D eigenvalue weighted by molar-refractivity contribution is 5.77. The third-order valence-corrected chi connectivity index (χ3v) is 2.56. The third-order valence-electron chi connectivity index (χ3n) is 2.56. The summed E-state index contributed by atoms with van der Waals surface area (Å²) in [5.74, 6) is -0.0000283. The Labute approximate surface area is 99.7 Å². The fourth-order valence-corrected chi connectivity index (χ4v) is 1.76. The molecule has 5 heteroatoms. The van der Waals surface area contributed by atoms with Crippen LogP contribution >= 0.6 is 0 Å². The summed E-state index contributed by atoms with van der Waals surface area (Å²) in [5.41, 5.74) is 6.26. The number of nitrogens with two attached hydrogens (primary N) is 1. The number of hydrogen-bond donors (Lipinski definition) is 2. The Kier molecular flexibility index (Phi) is 5.03. The molecule has 0 radical (unpaired) electrons. The Morgan fingerprint density at radius 1 is 1.35 bits per heavy atom. The number of benzene rings is 1. The summed E-state index contributed by atoms with van der Waals surface area (Å²) in [6, 6.07) is 8.99. The predicted octanol–water partition coefficient (Wildman–Crippen LogP) is 2.25. The van der Waals surface area contributed by atoms with Crippen molar-refractivity contribution in [1.82, 2.24) is 4.90 Å². The zero-order valence-corrected chi connectivity index (χ0v) is 9.74. The van der Waals surface area contributed by atoms with Gasteiger partial charge in [0.2, 0.25) is 0 Å². The number of amidine groups is 1.